The number of benzene rings is 1. The summed E-state index contributed by atoms with van der Waals surface area (Å²) >= 11 is 0. The van der Waals surface area contributed by atoms with Crippen LogP contribution in [0.1, 0.15) is 57.6 Å². The van der Waals surface area contributed by atoms with Crippen LogP contribution < -0.4 is 4.90 Å². The van der Waals surface area contributed by atoms with Crippen LogP contribution in [-0.2, 0) is 6.42 Å². The predicted molar refractivity (Wildman–Crippen MR) is 91.3 cm³/mol. The maximum absolute atomic E-state index is 4.73. The Kier molecular flexibility index (Phi) is 3.88. The fourth-order valence-corrected chi connectivity index (χ4v) is 3.53. The molecule has 0 saturated heterocycles. The molecule has 1 unspecified atom stereocenters. The predicted octanol–water partition coefficient (Wildman–Crippen LogP) is 4.91. The van der Waals surface area contributed by atoms with Crippen LogP contribution in [0.15, 0.2) is 24.4 Å². The molecule has 0 radical (unpaired) electrons. The Morgan fingerprint density at radius 2 is 2.00 bits per heavy atom. The number of nitrogens with zero attached hydrogens (tertiary/aromatic N) is 2. The van der Waals surface area contributed by atoms with E-state index in [0.717, 1.165) is 6.42 Å². The van der Waals surface area contributed by atoms with Crippen LogP contribution in [0.3, 0.4) is 0 Å². The molecular formula is C19H26N2. The summed E-state index contributed by atoms with van der Waals surface area (Å²) in [6, 6.07) is 7.40. The molecule has 0 bridgehead atoms. The van der Waals surface area contributed by atoms with Crippen molar-refractivity contribution in [2.75, 3.05) is 11.4 Å². The molecule has 0 spiro atoms. The summed E-state index contributed by atoms with van der Waals surface area (Å²) in [6.45, 7) is 10.3. The smallest absolute Gasteiger partial charge is 0.0757 e. The first-order valence-electron chi connectivity index (χ1n) is 8.30. The summed E-state index contributed by atoms with van der Waals surface area (Å²) < 4.78 is 0. The van der Waals surface area contributed by atoms with Crippen LogP contribution in [0.25, 0.3) is 10.9 Å². The topological polar surface area (TPSA) is 16.1 Å². The Hall–Kier alpha value is -1.57. The number of fused-ring (bicyclic) bond motifs is 3. The van der Waals surface area contributed by atoms with Gasteiger partial charge in [-0.2, -0.15) is 0 Å². The Morgan fingerprint density at radius 1 is 1.19 bits per heavy atom. The average Bonchev–Trinajstić information content (AvgIpc) is 2.52. The lowest BCUT2D eigenvalue weighted by Gasteiger charge is -2.36. The van der Waals surface area contributed by atoms with E-state index in [1.807, 2.05) is 6.20 Å². The number of anilines is 1. The van der Waals surface area contributed by atoms with Crippen LogP contribution >= 0.6 is 0 Å². The largest absolute Gasteiger partial charge is 0.369 e. The van der Waals surface area contributed by atoms with Crippen LogP contribution in [0.4, 0.5) is 5.69 Å². The molecule has 2 heterocycles. The molecule has 3 rings (SSSR count). The Balaban J connectivity index is 2.19. The second kappa shape index (κ2) is 5.67. The van der Waals surface area contributed by atoms with E-state index in [4.69, 9.17) is 4.98 Å². The van der Waals surface area contributed by atoms with Gasteiger partial charge in [0.05, 0.1) is 5.52 Å². The minimum absolute atomic E-state index is 0.544. The molecule has 1 aromatic heterocycles. The van der Waals surface area contributed by atoms with Gasteiger partial charge in [0.2, 0.25) is 0 Å². The van der Waals surface area contributed by atoms with Crippen LogP contribution in [-0.4, -0.2) is 17.6 Å². The highest BCUT2D eigenvalue weighted by molar-refractivity contribution is 5.90. The fourth-order valence-electron chi connectivity index (χ4n) is 3.53. The highest BCUT2D eigenvalue weighted by atomic mass is 15.2. The zero-order valence-corrected chi connectivity index (χ0v) is 13.7. The number of aryl methyl sites for hydroxylation is 1. The molecule has 0 fully saturated rings. The number of pyridine rings is 1. The lowest BCUT2D eigenvalue weighted by molar-refractivity contribution is 0.581. The molecule has 21 heavy (non-hydrogen) atoms. The van der Waals surface area contributed by atoms with E-state index in [9.17, 15) is 0 Å². The summed E-state index contributed by atoms with van der Waals surface area (Å²) in [7, 11) is 0. The summed E-state index contributed by atoms with van der Waals surface area (Å²) in [4.78, 5) is 7.30. The zero-order valence-electron chi connectivity index (χ0n) is 13.7. The fraction of sp³-hybridized carbons (Fsp3) is 0.526. The van der Waals surface area contributed by atoms with Gasteiger partial charge in [0.15, 0.2) is 0 Å². The third-order valence-corrected chi connectivity index (χ3v) is 4.91. The minimum atomic E-state index is 0.544. The van der Waals surface area contributed by atoms with E-state index in [1.165, 1.54) is 47.1 Å². The number of aromatic nitrogens is 1. The molecule has 112 valence electrons. The van der Waals surface area contributed by atoms with E-state index in [-0.39, 0.29) is 0 Å². The molecule has 0 saturated carbocycles. The zero-order chi connectivity index (χ0) is 15.0. The highest BCUT2D eigenvalue weighted by Gasteiger charge is 2.23. The lowest BCUT2D eigenvalue weighted by Crippen LogP contribution is -2.36. The molecule has 2 aromatic rings. The molecule has 1 atom stereocenters. The van der Waals surface area contributed by atoms with Crippen molar-refractivity contribution >= 4 is 16.6 Å². The van der Waals surface area contributed by atoms with Crippen molar-refractivity contribution in [3.63, 3.8) is 0 Å². The van der Waals surface area contributed by atoms with Crippen molar-refractivity contribution in [3.05, 3.63) is 35.5 Å². The second-order valence-corrected chi connectivity index (χ2v) is 6.57. The standard InChI is InChI=1S/C19H26N2/c1-5-14(4)21-12-6-7-17-18(21)9-8-16-15(13(2)3)10-11-20-19(16)17/h8-11,13-14H,5-7,12H2,1-4H3. The van der Waals surface area contributed by atoms with Gasteiger partial charge in [0.25, 0.3) is 0 Å². The van der Waals surface area contributed by atoms with Crippen molar-refractivity contribution < 1.29 is 0 Å². The minimum Gasteiger partial charge on any atom is -0.369 e. The van der Waals surface area contributed by atoms with Gasteiger partial charge in [-0.15, -0.1) is 0 Å². The molecule has 1 aliphatic heterocycles. The molecule has 1 aromatic carbocycles. The van der Waals surface area contributed by atoms with Crippen molar-refractivity contribution in [1.82, 2.24) is 4.98 Å². The van der Waals surface area contributed by atoms with Gasteiger partial charge < -0.3 is 4.90 Å². The van der Waals surface area contributed by atoms with Crippen molar-refractivity contribution in [1.29, 1.82) is 0 Å². The monoisotopic (exact) mass is 282 g/mol. The maximum atomic E-state index is 4.73. The number of hydrogen-bond donors (Lipinski definition) is 0. The first kappa shape index (κ1) is 14.4. The lowest BCUT2D eigenvalue weighted by atomic mass is 9.92. The van der Waals surface area contributed by atoms with Crippen LogP contribution in [0.2, 0.25) is 0 Å². The molecular weight excluding hydrogens is 256 g/mol. The van der Waals surface area contributed by atoms with E-state index >= 15 is 0 Å². The Labute approximate surface area is 128 Å². The molecule has 2 heteroatoms. The van der Waals surface area contributed by atoms with Crippen LogP contribution in [0.5, 0.6) is 0 Å². The van der Waals surface area contributed by atoms with Crippen molar-refractivity contribution in [2.45, 2.75) is 58.9 Å². The molecule has 0 N–H and O–H groups in total. The third-order valence-electron chi connectivity index (χ3n) is 4.91. The third kappa shape index (κ3) is 2.41. The molecule has 0 aliphatic carbocycles. The number of rotatable bonds is 3. The normalized spacial score (nSPS) is 16.3. The van der Waals surface area contributed by atoms with Crippen molar-refractivity contribution in [3.8, 4) is 0 Å². The van der Waals surface area contributed by atoms with E-state index < -0.39 is 0 Å². The van der Waals surface area contributed by atoms with Crippen LogP contribution in [0, 0.1) is 0 Å². The molecule has 1 aliphatic rings. The van der Waals surface area contributed by atoms with Gasteiger partial charge in [-0.1, -0.05) is 26.8 Å². The van der Waals surface area contributed by atoms with Gasteiger partial charge in [-0.3, -0.25) is 4.98 Å². The van der Waals surface area contributed by atoms with E-state index in [2.05, 4.69) is 50.8 Å². The van der Waals surface area contributed by atoms with Gasteiger partial charge >= 0.3 is 0 Å². The second-order valence-electron chi connectivity index (χ2n) is 6.57. The van der Waals surface area contributed by atoms with Gasteiger partial charge in [-0.25, -0.2) is 0 Å². The highest BCUT2D eigenvalue weighted by Crippen LogP contribution is 2.36. The summed E-state index contributed by atoms with van der Waals surface area (Å²) in [5, 5.41) is 1.34. The quantitative estimate of drug-likeness (QED) is 0.795. The van der Waals surface area contributed by atoms with E-state index in [1.54, 1.807) is 0 Å². The SMILES string of the molecule is CCC(C)N1CCCc2c1ccc1c(C(C)C)ccnc21. The maximum Gasteiger partial charge on any atom is 0.0757 e. The van der Waals surface area contributed by atoms with Gasteiger partial charge in [0, 0.05) is 35.4 Å². The Bertz CT molecular complexity index is 645. The summed E-state index contributed by atoms with van der Waals surface area (Å²) in [5.74, 6) is 0.544. The first-order valence-corrected chi connectivity index (χ1v) is 8.30. The van der Waals surface area contributed by atoms with Gasteiger partial charge in [-0.05, 0) is 49.8 Å². The molecule has 2 nitrogen and oxygen atoms in total. The number of hydrogen-bond acceptors (Lipinski definition) is 2. The summed E-state index contributed by atoms with van der Waals surface area (Å²) in [6.07, 6.45) is 5.58. The first-order chi connectivity index (χ1) is 10.1. The molecule has 0 amide bonds. The van der Waals surface area contributed by atoms with Crippen molar-refractivity contribution in [2.24, 2.45) is 0 Å². The van der Waals surface area contributed by atoms with E-state index in [0.29, 0.717) is 12.0 Å². The average molecular weight is 282 g/mol. The summed E-state index contributed by atoms with van der Waals surface area (Å²) in [5.41, 5.74) is 5.52. The van der Waals surface area contributed by atoms with Gasteiger partial charge in [0.1, 0.15) is 0 Å². The Morgan fingerprint density at radius 3 is 2.71 bits per heavy atom.